The molecular formula is C18H25ClN4O2. The van der Waals surface area contributed by atoms with Crippen molar-refractivity contribution in [1.29, 1.82) is 0 Å². The monoisotopic (exact) mass is 364 g/mol. The summed E-state index contributed by atoms with van der Waals surface area (Å²) >= 11 is 0. The Morgan fingerprint density at radius 1 is 1.36 bits per heavy atom. The molecule has 1 aliphatic carbocycles. The standard InChI is InChI=1S/C18H24N4O2.ClH/c1-22(18(24)13-7-8-17(23)15(19)9-13)11-14-10-16(21-20-14)12-5-3-2-4-6-12;/h2-6,10,13,15,17,23H,7-9,11,19H2,1H3,(H,20,21);1H/t13-,15+,17+;/m0./s1. The van der Waals surface area contributed by atoms with E-state index >= 15 is 0 Å². The Morgan fingerprint density at radius 2 is 2.08 bits per heavy atom. The van der Waals surface area contributed by atoms with E-state index in [1.807, 2.05) is 36.4 Å². The predicted octanol–water partition coefficient (Wildman–Crippen LogP) is 1.95. The van der Waals surface area contributed by atoms with Gasteiger partial charge in [-0.25, -0.2) is 0 Å². The van der Waals surface area contributed by atoms with Gasteiger partial charge in [0.05, 0.1) is 24.0 Å². The first kappa shape index (κ1) is 19.4. The molecule has 1 heterocycles. The molecule has 6 nitrogen and oxygen atoms in total. The summed E-state index contributed by atoms with van der Waals surface area (Å²) < 4.78 is 0. The summed E-state index contributed by atoms with van der Waals surface area (Å²) in [5, 5.41) is 17.0. The molecule has 1 amide bonds. The second-order valence-electron chi connectivity index (χ2n) is 6.58. The van der Waals surface area contributed by atoms with Gasteiger partial charge in [-0.05, 0) is 25.3 Å². The lowest BCUT2D eigenvalue weighted by Gasteiger charge is -2.32. The molecule has 0 saturated heterocycles. The lowest BCUT2D eigenvalue weighted by atomic mass is 9.83. The smallest absolute Gasteiger partial charge is 0.225 e. The van der Waals surface area contributed by atoms with Crippen LogP contribution in [0.1, 0.15) is 25.0 Å². The van der Waals surface area contributed by atoms with Gasteiger partial charge in [0.15, 0.2) is 0 Å². The fourth-order valence-corrected chi connectivity index (χ4v) is 3.26. The highest BCUT2D eigenvalue weighted by atomic mass is 35.5. The minimum absolute atomic E-state index is 0. The fourth-order valence-electron chi connectivity index (χ4n) is 3.26. The van der Waals surface area contributed by atoms with Crippen molar-refractivity contribution in [3.63, 3.8) is 0 Å². The molecule has 136 valence electrons. The van der Waals surface area contributed by atoms with Gasteiger partial charge >= 0.3 is 0 Å². The summed E-state index contributed by atoms with van der Waals surface area (Å²) in [5.41, 5.74) is 8.70. The molecule has 0 radical (unpaired) electrons. The van der Waals surface area contributed by atoms with Gasteiger partial charge in [0.25, 0.3) is 0 Å². The third-order valence-electron chi connectivity index (χ3n) is 4.70. The molecule has 0 aliphatic heterocycles. The molecule has 0 unspecified atom stereocenters. The zero-order valence-electron chi connectivity index (χ0n) is 14.3. The molecule has 1 fully saturated rings. The number of rotatable bonds is 4. The first-order valence-electron chi connectivity index (χ1n) is 8.33. The van der Waals surface area contributed by atoms with Crippen LogP contribution >= 0.6 is 12.4 Å². The van der Waals surface area contributed by atoms with Crippen molar-refractivity contribution in [2.45, 2.75) is 38.0 Å². The number of aromatic amines is 1. The van der Waals surface area contributed by atoms with Gasteiger partial charge in [0.2, 0.25) is 5.91 Å². The number of aromatic nitrogens is 2. The molecule has 1 saturated carbocycles. The van der Waals surface area contributed by atoms with Crippen LogP contribution in [0.4, 0.5) is 0 Å². The normalized spacial score (nSPS) is 22.9. The molecule has 3 rings (SSSR count). The van der Waals surface area contributed by atoms with Crippen LogP contribution in [0, 0.1) is 5.92 Å². The third-order valence-corrected chi connectivity index (χ3v) is 4.70. The molecule has 2 aromatic rings. The number of H-pyrrole nitrogens is 1. The van der Waals surface area contributed by atoms with Gasteiger partial charge in [-0.3, -0.25) is 9.89 Å². The summed E-state index contributed by atoms with van der Waals surface area (Å²) in [5.74, 6) is -0.0295. The highest BCUT2D eigenvalue weighted by Gasteiger charge is 2.32. The first-order valence-corrected chi connectivity index (χ1v) is 8.33. The van der Waals surface area contributed by atoms with Gasteiger partial charge in [-0.2, -0.15) is 5.10 Å². The van der Waals surface area contributed by atoms with Gasteiger partial charge in [0.1, 0.15) is 0 Å². The van der Waals surface area contributed by atoms with E-state index in [1.165, 1.54) is 0 Å². The molecule has 1 aromatic heterocycles. The van der Waals surface area contributed by atoms with Gasteiger partial charge in [-0.15, -0.1) is 12.4 Å². The average molecular weight is 365 g/mol. The van der Waals surface area contributed by atoms with Crippen LogP contribution in [0.2, 0.25) is 0 Å². The van der Waals surface area contributed by atoms with Crippen LogP contribution in [0.3, 0.4) is 0 Å². The Morgan fingerprint density at radius 3 is 2.76 bits per heavy atom. The van der Waals surface area contributed by atoms with E-state index in [1.54, 1.807) is 11.9 Å². The number of nitrogens with one attached hydrogen (secondary N) is 1. The number of hydrogen-bond donors (Lipinski definition) is 3. The molecule has 3 atom stereocenters. The van der Waals surface area contributed by atoms with E-state index in [9.17, 15) is 9.90 Å². The quantitative estimate of drug-likeness (QED) is 0.772. The topological polar surface area (TPSA) is 95.2 Å². The third kappa shape index (κ3) is 4.60. The maximum absolute atomic E-state index is 12.6. The SMILES string of the molecule is CN(Cc1cc(-c2ccccc2)n[nH]1)C(=O)[C@H]1CC[C@@H](O)[C@H](N)C1.Cl. The van der Waals surface area contributed by atoms with Crippen LogP contribution in [-0.2, 0) is 11.3 Å². The number of hydrogen-bond acceptors (Lipinski definition) is 4. The number of halogens is 1. The van der Waals surface area contributed by atoms with E-state index in [0.29, 0.717) is 25.8 Å². The molecule has 7 heteroatoms. The zero-order chi connectivity index (χ0) is 17.1. The summed E-state index contributed by atoms with van der Waals surface area (Å²) in [7, 11) is 1.79. The molecule has 1 aromatic carbocycles. The number of carbonyl (C=O) groups excluding carboxylic acids is 1. The highest BCUT2D eigenvalue weighted by Crippen LogP contribution is 2.26. The summed E-state index contributed by atoms with van der Waals surface area (Å²) in [6.07, 6.45) is 1.34. The Labute approximate surface area is 153 Å². The number of aliphatic hydroxyl groups is 1. The second-order valence-corrected chi connectivity index (χ2v) is 6.58. The molecule has 1 aliphatic rings. The largest absolute Gasteiger partial charge is 0.392 e. The molecular weight excluding hydrogens is 340 g/mol. The minimum atomic E-state index is -0.486. The zero-order valence-corrected chi connectivity index (χ0v) is 15.1. The van der Waals surface area contributed by atoms with Crippen molar-refractivity contribution in [1.82, 2.24) is 15.1 Å². The van der Waals surface area contributed by atoms with Gasteiger partial charge in [0, 0.05) is 24.6 Å². The van der Waals surface area contributed by atoms with Crippen molar-refractivity contribution in [3.8, 4) is 11.3 Å². The van der Waals surface area contributed by atoms with Crippen molar-refractivity contribution < 1.29 is 9.90 Å². The van der Waals surface area contributed by atoms with Crippen molar-refractivity contribution in [3.05, 3.63) is 42.1 Å². The minimum Gasteiger partial charge on any atom is -0.392 e. The Bertz CT molecular complexity index is 691. The lowest BCUT2D eigenvalue weighted by molar-refractivity contribution is -0.136. The van der Waals surface area contributed by atoms with Crippen LogP contribution in [0.25, 0.3) is 11.3 Å². The maximum Gasteiger partial charge on any atom is 0.225 e. The second kappa shape index (κ2) is 8.47. The Kier molecular flexibility index (Phi) is 6.58. The number of nitrogens with zero attached hydrogens (tertiary/aromatic N) is 2. The number of amides is 1. The number of benzene rings is 1. The van der Waals surface area contributed by atoms with Crippen LogP contribution in [0.5, 0.6) is 0 Å². The Hall–Kier alpha value is -1.89. The van der Waals surface area contributed by atoms with Crippen LogP contribution in [-0.4, -0.2) is 45.3 Å². The number of nitrogens with two attached hydrogens (primary N) is 1. The summed E-state index contributed by atoms with van der Waals surface area (Å²) in [4.78, 5) is 14.3. The van der Waals surface area contributed by atoms with Gasteiger partial charge < -0.3 is 15.7 Å². The summed E-state index contributed by atoms with van der Waals surface area (Å²) in [6, 6.07) is 11.6. The van der Waals surface area contributed by atoms with Crippen molar-refractivity contribution in [2.24, 2.45) is 11.7 Å². The van der Waals surface area contributed by atoms with Gasteiger partial charge in [-0.1, -0.05) is 30.3 Å². The first-order chi connectivity index (χ1) is 11.5. The van der Waals surface area contributed by atoms with E-state index < -0.39 is 6.10 Å². The molecule has 4 N–H and O–H groups in total. The summed E-state index contributed by atoms with van der Waals surface area (Å²) in [6.45, 7) is 0.479. The maximum atomic E-state index is 12.6. The fraction of sp³-hybridized carbons (Fsp3) is 0.444. The molecule has 25 heavy (non-hydrogen) atoms. The van der Waals surface area contributed by atoms with E-state index in [0.717, 1.165) is 17.0 Å². The number of carbonyl (C=O) groups is 1. The van der Waals surface area contributed by atoms with Crippen molar-refractivity contribution >= 4 is 18.3 Å². The Balaban J connectivity index is 0.00000225. The highest BCUT2D eigenvalue weighted by molar-refractivity contribution is 5.85. The van der Waals surface area contributed by atoms with E-state index in [2.05, 4.69) is 10.2 Å². The average Bonchev–Trinajstić information content (AvgIpc) is 3.06. The van der Waals surface area contributed by atoms with E-state index in [4.69, 9.17) is 5.73 Å². The van der Waals surface area contributed by atoms with E-state index in [-0.39, 0.29) is 30.3 Å². The molecule has 0 bridgehead atoms. The van der Waals surface area contributed by atoms with Crippen molar-refractivity contribution in [2.75, 3.05) is 7.05 Å². The van der Waals surface area contributed by atoms with Crippen LogP contribution in [0.15, 0.2) is 36.4 Å². The number of aliphatic hydroxyl groups excluding tert-OH is 1. The molecule has 0 spiro atoms. The lowest BCUT2D eigenvalue weighted by Crippen LogP contribution is -2.45. The van der Waals surface area contributed by atoms with Crippen LogP contribution < -0.4 is 5.73 Å². The predicted molar refractivity (Wildman–Crippen MR) is 99.1 cm³/mol.